The van der Waals surface area contributed by atoms with Crippen LogP contribution in [0.1, 0.15) is 41.4 Å². The highest BCUT2D eigenvalue weighted by Crippen LogP contribution is 2.36. The number of hydrogen-bond donors (Lipinski definition) is 1. The summed E-state index contributed by atoms with van der Waals surface area (Å²) in [6, 6.07) is 19.6. The number of carbonyl (C=O) groups excluding carboxylic acids is 2. The average molecular weight is 358 g/mol. The van der Waals surface area contributed by atoms with Crippen LogP contribution in [0.25, 0.3) is 10.8 Å². The van der Waals surface area contributed by atoms with Crippen LogP contribution in [0.15, 0.2) is 60.7 Å². The van der Waals surface area contributed by atoms with Gasteiger partial charge in [0.25, 0.3) is 5.91 Å². The van der Waals surface area contributed by atoms with Gasteiger partial charge >= 0.3 is 0 Å². The molecule has 0 saturated carbocycles. The minimum absolute atomic E-state index is 0.0179. The van der Waals surface area contributed by atoms with E-state index in [2.05, 4.69) is 24.4 Å². The Bertz CT molecular complexity index is 1020. The largest absolute Gasteiger partial charge is 0.348 e. The summed E-state index contributed by atoms with van der Waals surface area (Å²) in [6.07, 6.45) is 0.990. The van der Waals surface area contributed by atoms with E-state index < -0.39 is 0 Å². The van der Waals surface area contributed by atoms with Gasteiger partial charge in [-0.15, -0.1) is 0 Å². The fourth-order valence-corrected chi connectivity index (χ4v) is 3.69. The van der Waals surface area contributed by atoms with Crippen LogP contribution in [0.4, 0.5) is 5.69 Å². The summed E-state index contributed by atoms with van der Waals surface area (Å²) in [5.41, 5.74) is 3.80. The Morgan fingerprint density at radius 3 is 2.44 bits per heavy atom. The van der Waals surface area contributed by atoms with Crippen LogP contribution < -0.4 is 10.2 Å². The van der Waals surface area contributed by atoms with E-state index in [1.165, 1.54) is 5.56 Å². The van der Waals surface area contributed by atoms with Gasteiger partial charge in [0.05, 0.1) is 11.7 Å². The molecular formula is C23H22N2O2. The highest BCUT2D eigenvalue weighted by atomic mass is 16.2. The van der Waals surface area contributed by atoms with Crippen LogP contribution in [0.5, 0.6) is 0 Å². The van der Waals surface area contributed by atoms with Crippen LogP contribution in [-0.4, -0.2) is 18.4 Å². The maximum absolute atomic E-state index is 12.8. The second-order valence-corrected chi connectivity index (χ2v) is 6.96. The number of aryl methyl sites for hydroxylation is 1. The summed E-state index contributed by atoms with van der Waals surface area (Å²) in [6.45, 7) is 4.09. The molecule has 0 spiro atoms. The van der Waals surface area contributed by atoms with Crippen LogP contribution in [0.2, 0.25) is 0 Å². The summed E-state index contributed by atoms with van der Waals surface area (Å²) in [4.78, 5) is 27.0. The smallest absolute Gasteiger partial charge is 0.259 e. The van der Waals surface area contributed by atoms with Gasteiger partial charge in [0.15, 0.2) is 0 Å². The Kier molecular flexibility index (Phi) is 4.40. The first-order chi connectivity index (χ1) is 13.1. The SMILES string of the molecule is CCc1ccc([C@H](C)NC(=O)CN2C(=O)c3cccc4cccc2c34)cc1. The van der Waals surface area contributed by atoms with E-state index in [-0.39, 0.29) is 24.4 Å². The second kappa shape index (κ2) is 6.88. The standard InChI is InChI=1S/C23H22N2O2/c1-3-16-10-12-17(13-11-16)15(2)24-21(26)14-25-20-9-5-7-18-6-4-8-19(22(18)20)23(25)27/h4-13,15H,3,14H2,1-2H3,(H,24,26)/t15-/m0/s1. The van der Waals surface area contributed by atoms with Crippen LogP contribution in [0, 0.1) is 0 Å². The third kappa shape index (κ3) is 3.08. The molecule has 1 aliphatic rings. The predicted octanol–water partition coefficient (Wildman–Crippen LogP) is 4.24. The van der Waals surface area contributed by atoms with E-state index in [0.29, 0.717) is 5.56 Å². The first kappa shape index (κ1) is 17.3. The van der Waals surface area contributed by atoms with Gasteiger partial charge in [0.2, 0.25) is 5.91 Å². The number of nitrogens with one attached hydrogen (secondary N) is 1. The number of anilines is 1. The number of carbonyl (C=O) groups is 2. The third-order valence-electron chi connectivity index (χ3n) is 5.22. The van der Waals surface area contributed by atoms with Crippen molar-refractivity contribution in [1.82, 2.24) is 5.32 Å². The molecule has 0 aliphatic carbocycles. The van der Waals surface area contributed by atoms with Crippen LogP contribution >= 0.6 is 0 Å². The molecule has 1 heterocycles. The van der Waals surface area contributed by atoms with Crippen molar-refractivity contribution in [2.45, 2.75) is 26.3 Å². The Morgan fingerprint density at radius 2 is 1.74 bits per heavy atom. The van der Waals surface area contributed by atoms with E-state index in [0.717, 1.165) is 28.4 Å². The van der Waals surface area contributed by atoms with E-state index in [4.69, 9.17) is 0 Å². The summed E-state index contributed by atoms with van der Waals surface area (Å²) < 4.78 is 0. The zero-order valence-electron chi connectivity index (χ0n) is 15.5. The lowest BCUT2D eigenvalue weighted by atomic mass is 10.1. The first-order valence-electron chi connectivity index (χ1n) is 9.30. The van der Waals surface area contributed by atoms with Crippen LogP contribution in [0.3, 0.4) is 0 Å². The van der Waals surface area contributed by atoms with E-state index in [1.807, 2.05) is 55.5 Å². The normalized spacial score (nSPS) is 13.9. The summed E-state index contributed by atoms with van der Waals surface area (Å²) >= 11 is 0. The van der Waals surface area contributed by atoms with Gasteiger partial charge < -0.3 is 5.32 Å². The number of amides is 2. The maximum Gasteiger partial charge on any atom is 0.259 e. The van der Waals surface area contributed by atoms with Crippen molar-refractivity contribution in [3.63, 3.8) is 0 Å². The molecule has 4 heteroatoms. The molecule has 4 rings (SSSR count). The van der Waals surface area contributed by atoms with Crippen molar-refractivity contribution in [2.24, 2.45) is 0 Å². The number of hydrogen-bond acceptors (Lipinski definition) is 2. The quantitative estimate of drug-likeness (QED) is 0.742. The molecule has 0 saturated heterocycles. The van der Waals surface area contributed by atoms with Gasteiger partial charge in [-0.05, 0) is 42.0 Å². The average Bonchev–Trinajstić information content (AvgIpc) is 2.96. The molecule has 0 aromatic heterocycles. The molecule has 27 heavy (non-hydrogen) atoms. The van der Waals surface area contributed by atoms with Gasteiger partial charge in [-0.25, -0.2) is 0 Å². The van der Waals surface area contributed by atoms with Gasteiger partial charge in [-0.3, -0.25) is 14.5 Å². The molecule has 2 amide bonds. The molecule has 1 atom stereocenters. The highest BCUT2D eigenvalue weighted by Gasteiger charge is 2.31. The highest BCUT2D eigenvalue weighted by molar-refractivity contribution is 6.26. The van der Waals surface area contributed by atoms with Gasteiger partial charge in [0.1, 0.15) is 6.54 Å². The van der Waals surface area contributed by atoms with Gasteiger partial charge in [-0.1, -0.05) is 55.5 Å². The molecular weight excluding hydrogens is 336 g/mol. The fourth-order valence-electron chi connectivity index (χ4n) is 3.69. The molecule has 4 nitrogen and oxygen atoms in total. The number of benzene rings is 3. The molecule has 0 fully saturated rings. The van der Waals surface area contributed by atoms with Crippen molar-refractivity contribution in [3.8, 4) is 0 Å². The fraction of sp³-hybridized carbons (Fsp3) is 0.217. The Morgan fingerprint density at radius 1 is 1.04 bits per heavy atom. The summed E-state index contributed by atoms with van der Waals surface area (Å²) in [5.74, 6) is -0.280. The van der Waals surface area contributed by atoms with E-state index >= 15 is 0 Å². The van der Waals surface area contributed by atoms with E-state index in [1.54, 1.807) is 4.90 Å². The predicted molar refractivity (Wildman–Crippen MR) is 108 cm³/mol. The van der Waals surface area contributed by atoms with Crippen molar-refractivity contribution in [3.05, 3.63) is 77.4 Å². The second-order valence-electron chi connectivity index (χ2n) is 6.96. The van der Waals surface area contributed by atoms with Gasteiger partial charge in [-0.2, -0.15) is 0 Å². The molecule has 0 radical (unpaired) electrons. The molecule has 136 valence electrons. The monoisotopic (exact) mass is 358 g/mol. The zero-order valence-corrected chi connectivity index (χ0v) is 15.5. The van der Waals surface area contributed by atoms with Crippen molar-refractivity contribution in [2.75, 3.05) is 11.4 Å². The van der Waals surface area contributed by atoms with Crippen molar-refractivity contribution < 1.29 is 9.59 Å². The molecule has 1 N–H and O–H groups in total. The summed E-state index contributed by atoms with van der Waals surface area (Å²) in [7, 11) is 0. The van der Waals surface area contributed by atoms with Crippen molar-refractivity contribution >= 4 is 28.3 Å². The molecule has 3 aromatic carbocycles. The summed E-state index contributed by atoms with van der Waals surface area (Å²) in [5, 5.41) is 4.96. The first-order valence-corrected chi connectivity index (χ1v) is 9.30. The lowest BCUT2D eigenvalue weighted by Crippen LogP contribution is -2.39. The topological polar surface area (TPSA) is 49.4 Å². The number of nitrogens with zero attached hydrogens (tertiary/aromatic N) is 1. The molecule has 0 unspecified atom stereocenters. The Hall–Kier alpha value is -3.14. The van der Waals surface area contributed by atoms with E-state index in [9.17, 15) is 9.59 Å². The van der Waals surface area contributed by atoms with Gasteiger partial charge in [0, 0.05) is 10.9 Å². The molecule has 0 bridgehead atoms. The molecule has 3 aromatic rings. The minimum atomic E-state index is -0.166. The lowest BCUT2D eigenvalue weighted by molar-refractivity contribution is -0.120. The Balaban J connectivity index is 1.50. The third-order valence-corrected chi connectivity index (χ3v) is 5.22. The van der Waals surface area contributed by atoms with Crippen molar-refractivity contribution in [1.29, 1.82) is 0 Å². The Labute approximate surface area is 158 Å². The zero-order chi connectivity index (χ0) is 19.0. The molecule has 1 aliphatic heterocycles. The minimum Gasteiger partial charge on any atom is -0.348 e. The van der Waals surface area contributed by atoms with Crippen LogP contribution in [-0.2, 0) is 11.2 Å². The maximum atomic E-state index is 12.8. The lowest BCUT2D eigenvalue weighted by Gasteiger charge is -2.20. The number of rotatable bonds is 5.